The third kappa shape index (κ3) is 6.31. The van der Waals surface area contributed by atoms with Crippen molar-refractivity contribution in [2.45, 2.75) is 6.42 Å². The number of methoxy groups -OCH3 is 2. The van der Waals surface area contributed by atoms with Gasteiger partial charge < -0.3 is 14.8 Å². The molecule has 2 N–H and O–H groups in total. The number of carbonyl (C=O) groups excluding carboxylic acids is 2. The Morgan fingerprint density at radius 1 is 1.04 bits per heavy atom. The Morgan fingerprint density at radius 3 is 2.41 bits per heavy atom. The van der Waals surface area contributed by atoms with Crippen LogP contribution >= 0.6 is 11.6 Å². The molecule has 0 atom stereocenters. The summed E-state index contributed by atoms with van der Waals surface area (Å²) in [6.07, 6.45) is 1.96. The summed E-state index contributed by atoms with van der Waals surface area (Å²) in [6, 6.07) is 12.3. The number of nitrogens with zero attached hydrogens (tertiary/aromatic N) is 1. The van der Waals surface area contributed by atoms with Gasteiger partial charge in [-0.15, -0.1) is 0 Å². The Hall–Kier alpha value is -3.06. The average Bonchev–Trinajstić information content (AvgIpc) is 2.69. The Bertz CT molecular complexity index is 822. The van der Waals surface area contributed by atoms with Crippen molar-refractivity contribution >= 4 is 29.6 Å². The van der Waals surface area contributed by atoms with Crippen LogP contribution < -0.4 is 20.2 Å². The Balaban J connectivity index is 1.78. The van der Waals surface area contributed by atoms with Crippen LogP contribution in [0.5, 0.6) is 11.5 Å². The van der Waals surface area contributed by atoms with Gasteiger partial charge in [-0.2, -0.15) is 5.10 Å². The molecule has 7 nitrogen and oxygen atoms in total. The molecule has 0 spiro atoms. The largest absolute Gasteiger partial charge is 0.493 e. The number of nitrogens with one attached hydrogen (secondary N) is 2. The lowest BCUT2D eigenvalue weighted by Gasteiger charge is -2.10. The number of benzene rings is 2. The van der Waals surface area contributed by atoms with Gasteiger partial charge in [-0.1, -0.05) is 29.8 Å². The molecule has 0 radical (unpaired) electrons. The summed E-state index contributed by atoms with van der Waals surface area (Å²) in [5.74, 6) is -0.366. The predicted molar refractivity (Wildman–Crippen MR) is 103 cm³/mol. The van der Waals surface area contributed by atoms with E-state index in [0.29, 0.717) is 29.5 Å². The van der Waals surface area contributed by atoms with Gasteiger partial charge in [0.25, 0.3) is 0 Å². The van der Waals surface area contributed by atoms with Crippen LogP contribution in [0.1, 0.15) is 11.1 Å². The molecule has 0 saturated carbocycles. The van der Waals surface area contributed by atoms with Crippen molar-refractivity contribution in [2.75, 3.05) is 20.8 Å². The molecule has 0 fully saturated rings. The number of ether oxygens (including phenoxy) is 2. The zero-order valence-electron chi connectivity index (χ0n) is 15.0. The molecule has 2 aromatic rings. The molecule has 0 aliphatic carbocycles. The standard InChI is InChI=1S/C19H20ClN3O4/c1-26-16-8-5-13(11-17(16)27-2)9-10-21-18(24)19(25)23-22-12-14-3-6-15(20)7-4-14/h3-8,11-12H,9-10H2,1-2H3,(H,21,24)(H,23,25). The highest BCUT2D eigenvalue weighted by molar-refractivity contribution is 6.35. The number of hydrazone groups is 1. The van der Waals surface area contributed by atoms with Crippen molar-refractivity contribution in [3.05, 3.63) is 58.6 Å². The van der Waals surface area contributed by atoms with Gasteiger partial charge in [-0.05, 0) is 41.8 Å². The summed E-state index contributed by atoms with van der Waals surface area (Å²) in [5.41, 5.74) is 3.86. The monoisotopic (exact) mass is 389 g/mol. The highest BCUT2D eigenvalue weighted by atomic mass is 35.5. The van der Waals surface area contributed by atoms with Crippen LogP contribution in [0.15, 0.2) is 47.6 Å². The van der Waals surface area contributed by atoms with Crippen LogP contribution in [0, 0.1) is 0 Å². The third-order valence-electron chi connectivity index (χ3n) is 3.60. The summed E-state index contributed by atoms with van der Waals surface area (Å²) in [6.45, 7) is 0.294. The summed E-state index contributed by atoms with van der Waals surface area (Å²) in [4.78, 5) is 23.5. The van der Waals surface area contributed by atoms with E-state index in [-0.39, 0.29) is 0 Å². The molecule has 0 aliphatic heterocycles. The quantitative estimate of drug-likeness (QED) is 0.431. The van der Waals surface area contributed by atoms with Crippen LogP contribution in [0.4, 0.5) is 0 Å². The van der Waals surface area contributed by atoms with Crippen molar-refractivity contribution in [3.8, 4) is 11.5 Å². The summed E-state index contributed by atoms with van der Waals surface area (Å²) in [5, 5.41) is 6.88. The molecule has 2 rings (SSSR count). The summed E-state index contributed by atoms with van der Waals surface area (Å²) in [7, 11) is 3.12. The number of carbonyl (C=O) groups is 2. The van der Waals surface area contributed by atoms with Crippen molar-refractivity contribution in [1.29, 1.82) is 0 Å². The van der Waals surface area contributed by atoms with Gasteiger partial charge in [0.05, 0.1) is 20.4 Å². The maximum absolute atomic E-state index is 11.8. The van der Waals surface area contributed by atoms with E-state index in [0.717, 1.165) is 11.1 Å². The molecule has 8 heteroatoms. The summed E-state index contributed by atoms with van der Waals surface area (Å²) >= 11 is 5.78. The summed E-state index contributed by atoms with van der Waals surface area (Å²) < 4.78 is 10.4. The van der Waals surface area contributed by atoms with Gasteiger partial charge in [-0.25, -0.2) is 5.43 Å². The van der Waals surface area contributed by atoms with Crippen LogP contribution in [-0.2, 0) is 16.0 Å². The van der Waals surface area contributed by atoms with Gasteiger partial charge in [0, 0.05) is 11.6 Å². The van der Waals surface area contributed by atoms with Gasteiger partial charge in [-0.3, -0.25) is 9.59 Å². The Kier molecular flexibility index (Phi) is 7.63. The van der Waals surface area contributed by atoms with Crippen molar-refractivity contribution in [3.63, 3.8) is 0 Å². The fourth-order valence-corrected chi connectivity index (χ4v) is 2.33. The second-order valence-electron chi connectivity index (χ2n) is 5.45. The molecule has 0 unspecified atom stereocenters. The fraction of sp³-hybridized carbons (Fsp3) is 0.211. The smallest absolute Gasteiger partial charge is 0.329 e. The van der Waals surface area contributed by atoms with Crippen molar-refractivity contribution in [2.24, 2.45) is 5.10 Å². The average molecular weight is 390 g/mol. The minimum Gasteiger partial charge on any atom is -0.493 e. The zero-order valence-corrected chi connectivity index (χ0v) is 15.7. The number of amides is 2. The Morgan fingerprint density at radius 2 is 1.74 bits per heavy atom. The first kappa shape index (κ1) is 20.3. The van der Waals surface area contributed by atoms with E-state index < -0.39 is 11.8 Å². The predicted octanol–water partition coefficient (Wildman–Crippen LogP) is 2.17. The maximum atomic E-state index is 11.8. The molecule has 2 amide bonds. The first-order valence-electron chi connectivity index (χ1n) is 8.11. The topological polar surface area (TPSA) is 89.0 Å². The lowest BCUT2D eigenvalue weighted by molar-refractivity contribution is -0.139. The molecular formula is C19H20ClN3O4. The van der Waals surface area contributed by atoms with E-state index in [9.17, 15) is 9.59 Å². The molecule has 142 valence electrons. The van der Waals surface area contributed by atoms with Gasteiger partial charge >= 0.3 is 11.8 Å². The number of hydrogen-bond acceptors (Lipinski definition) is 5. The van der Waals surface area contributed by atoms with Crippen LogP contribution in [0.3, 0.4) is 0 Å². The molecule has 0 bridgehead atoms. The maximum Gasteiger partial charge on any atom is 0.329 e. The number of halogens is 1. The van der Waals surface area contributed by atoms with Crippen molar-refractivity contribution in [1.82, 2.24) is 10.7 Å². The van der Waals surface area contributed by atoms with Crippen LogP contribution in [0.2, 0.25) is 5.02 Å². The van der Waals surface area contributed by atoms with E-state index in [1.54, 1.807) is 44.6 Å². The fourth-order valence-electron chi connectivity index (χ4n) is 2.20. The van der Waals surface area contributed by atoms with E-state index in [1.165, 1.54) is 6.21 Å². The highest BCUT2D eigenvalue weighted by Gasteiger charge is 2.12. The van der Waals surface area contributed by atoms with Crippen LogP contribution in [0.25, 0.3) is 0 Å². The number of rotatable bonds is 7. The molecule has 0 aliphatic rings. The minimum atomic E-state index is -0.840. The second-order valence-corrected chi connectivity index (χ2v) is 5.88. The van der Waals surface area contributed by atoms with Gasteiger partial charge in [0.15, 0.2) is 11.5 Å². The molecule has 0 heterocycles. The van der Waals surface area contributed by atoms with Crippen LogP contribution in [-0.4, -0.2) is 38.8 Å². The minimum absolute atomic E-state index is 0.294. The molecular weight excluding hydrogens is 370 g/mol. The molecule has 0 aromatic heterocycles. The molecule has 27 heavy (non-hydrogen) atoms. The van der Waals surface area contributed by atoms with Gasteiger partial charge in [0.2, 0.25) is 0 Å². The zero-order chi connectivity index (χ0) is 19.6. The third-order valence-corrected chi connectivity index (χ3v) is 3.86. The van der Waals surface area contributed by atoms with E-state index >= 15 is 0 Å². The lowest BCUT2D eigenvalue weighted by Crippen LogP contribution is -2.38. The van der Waals surface area contributed by atoms with Gasteiger partial charge in [0.1, 0.15) is 0 Å². The molecule has 2 aromatic carbocycles. The van der Waals surface area contributed by atoms with E-state index in [4.69, 9.17) is 21.1 Å². The Labute approximate surface area is 162 Å². The SMILES string of the molecule is COc1ccc(CCNC(=O)C(=O)NN=Cc2ccc(Cl)cc2)cc1OC. The first-order valence-corrected chi connectivity index (χ1v) is 8.49. The van der Waals surface area contributed by atoms with E-state index in [1.807, 2.05) is 12.1 Å². The lowest BCUT2D eigenvalue weighted by atomic mass is 10.1. The highest BCUT2D eigenvalue weighted by Crippen LogP contribution is 2.27. The van der Waals surface area contributed by atoms with E-state index in [2.05, 4.69) is 15.8 Å². The first-order chi connectivity index (χ1) is 13.0. The normalized spacial score (nSPS) is 10.5. The van der Waals surface area contributed by atoms with Crippen molar-refractivity contribution < 1.29 is 19.1 Å². The second kappa shape index (κ2) is 10.2. The molecule has 0 saturated heterocycles. The number of hydrogen-bond donors (Lipinski definition) is 2.